The monoisotopic (exact) mass is 246 g/mol. The lowest BCUT2D eigenvalue weighted by Gasteiger charge is -2.34. The smallest absolute Gasteiger partial charge is 0.0788 e. The van der Waals surface area contributed by atoms with E-state index in [0.29, 0.717) is 0 Å². The molecule has 0 saturated carbocycles. The molecule has 1 heterocycles. The molecular formula is C15H22N2O. The maximum atomic E-state index is 10.4. The third-order valence-corrected chi connectivity index (χ3v) is 3.41. The van der Waals surface area contributed by atoms with Crippen LogP contribution in [0, 0.1) is 0 Å². The zero-order valence-electron chi connectivity index (χ0n) is 11.8. The highest BCUT2D eigenvalue weighted by Gasteiger charge is 2.32. The molecular weight excluding hydrogens is 224 g/mol. The summed E-state index contributed by atoms with van der Waals surface area (Å²) in [7, 11) is 6.05. The van der Waals surface area contributed by atoms with Crippen LogP contribution in [0.5, 0.6) is 0 Å². The first kappa shape index (κ1) is 13.1. The summed E-state index contributed by atoms with van der Waals surface area (Å²) in [5.41, 5.74) is 1.59. The number of fused-ring (bicyclic) bond motifs is 1. The second kappa shape index (κ2) is 4.41. The zero-order chi connectivity index (χ0) is 13.5. The van der Waals surface area contributed by atoms with Crippen LogP contribution >= 0.6 is 0 Å². The Kier molecular flexibility index (Phi) is 3.21. The Morgan fingerprint density at radius 3 is 2.39 bits per heavy atom. The summed E-state index contributed by atoms with van der Waals surface area (Å²) in [6.07, 6.45) is 2.12. The summed E-state index contributed by atoms with van der Waals surface area (Å²) in [4.78, 5) is 2.07. The molecule has 18 heavy (non-hydrogen) atoms. The summed E-state index contributed by atoms with van der Waals surface area (Å²) in [6.45, 7) is 3.72. The standard InChI is InChI=1S/C15H22N2O/c1-15(2,18)14(16(3)4)12-10-17(5)13-9-7-6-8-11(12)13/h6-10,14,18H,1-5H3. The number of aryl methyl sites for hydroxylation is 1. The molecule has 0 bridgehead atoms. The van der Waals surface area contributed by atoms with Crippen LogP contribution in [0.25, 0.3) is 10.9 Å². The minimum atomic E-state index is -0.784. The largest absolute Gasteiger partial charge is 0.388 e. The number of benzene rings is 1. The van der Waals surface area contributed by atoms with Crippen LogP contribution in [-0.4, -0.2) is 34.3 Å². The van der Waals surface area contributed by atoms with Crippen molar-refractivity contribution >= 4 is 10.9 Å². The highest BCUT2D eigenvalue weighted by Crippen LogP contribution is 2.35. The number of hydrogen-bond donors (Lipinski definition) is 1. The van der Waals surface area contributed by atoms with Gasteiger partial charge >= 0.3 is 0 Å². The van der Waals surface area contributed by atoms with Crippen molar-refractivity contribution < 1.29 is 5.11 Å². The molecule has 3 nitrogen and oxygen atoms in total. The van der Waals surface area contributed by atoms with Crippen molar-refractivity contribution in [3.8, 4) is 0 Å². The van der Waals surface area contributed by atoms with Crippen LogP contribution in [0.4, 0.5) is 0 Å². The molecule has 1 unspecified atom stereocenters. The molecule has 0 aliphatic rings. The van der Waals surface area contributed by atoms with Crippen molar-refractivity contribution in [1.29, 1.82) is 0 Å². The summed E-state index contributed by atoms with van der Waals surface area (Å²) in [5, 5.41) is 11.6. The molecule has 1 aromatic carbocycles. The molecule has 1 atom stereocenters. The van der Waals surface area contributed by atoms with Gasteiger partial charge in [0.05, 0.1) is 11.6 Å². The van der Waals surface area contributed by atoms with Gasteiger partial charge in [0.25, 0.3) is 0 Å². The van der Waals surface area contributed by atoms with E-state index in [1.54, 1.807) is 0 Å². The number of likely N-dealkylation sites (N-methyl/N-ethyl adjacent to an activating group) is 1. The maximum Gasteiger partial charge on any atom is 0.0788 e. The van der Waals surface area contributed by atoms with Gasteiger partial charge in [-0.2, -0.15) is 0 Å². The van der Waals surface area contributed by atoms with E-state index in [1.165, 1.54) is 16.5 Å². The average Bonchev–Trinajstić information content (AvgIpc) is 2.55. The number of nitrogens with zero attached hydrogens (tertiary/aromatic N) is 2. The average molecular weight is 246 g/mol. The summed E-state index contributed by atoms with van der Waals surface area (Å²) < 4.78 is 2.12. The van der Waals surface area contributed by atoms with E-state index < -0.39 is 5.60 Å². The molecule has 1 aromatic heterocycles. The molecule has 0 spiro atoms. The van der Waals surface area contributed by atoms with Crippen molar-refractivity contribution in [3.63, 3.8) is 0 Å². The normalized spacial score (nSPS) is 14.4. The van der Waals surface area contributed by atoms with Crippen molar-refractivity contribution in [3.05, 3.63) is 36.0 Å². The number of para-hydroxylation sites is 1. The van der Waals surface area contributed by atoms with E-state index in [4.69, 9.17) is 0 Å². The van der Waals surface area contributed by atoms with E-state index in [1.807, 2.05) is 47.1 Å². The van der Waals surface area contributed by atoms with E-state index in [2.05, 4.69) is 27.8 Å². The molecule has 2 aromatic rings. The van der Waals surface area contributed by atoms with Crippen molar-refractivity contribution in [2.75, 3.05) is 14.1 Å². The minimum Gasteiger partial charge on any atom is -0.388 e. The first-order chi connectivity index (χ1) is 8.32. The Balaban J connectivity index is 2.66. The first-order valence-corrected chi connectivity index (χ1v) is 6.25. The fourth-order valence-electron chi connectivity index (χ4n) is 2.88. The maximum absolute atomic E-state index is 10.4. The molecule has 0 aliphatic carbocycles. The van der Waals surface area contributed by atoms with Crippen LogP contribution in [-0.2, 0) is 7.05 Å². The van der Waals surface area contributed by atoms with Gasteiger partial charge in [-0.3, -0.25) is 4.90 Å². The predicted molar refractivity (Wildman–Crippen MR) is 75.6 cm³/mol. The van der Waals surface area contributed by atoms with Gasteiger partial charge in [0.15, 0.2) is 0 Å². The van der Waals surface area contributed by atoms with Crippen molar-refractivity contribution in [2.45, 2.75) is 25.5 Å². The SMILES string of the molecule is CN(C)C(c1cn(C)c2ccccc12)C(C)(C)O. The fourth-order valence-corrected chi connectivity index (χ4v) is 2.88. The van der Waals surface area contributed by atoms with E-state index in [-0.39, 0.29) is 6.04 Å². The lowest BCUT2D eigenvalue weighted by atomic mass is 9.91. The van der Waals surface area contributed by atoms with Gasteiger partial charge in [-0.25, -0.2) is 0 Å². The minimum absolute atomic E-state index is 0.0244. The highest BCUT2D eigenvalue weighted by atomic mass is 16.3. The van der Waals surface area contributed by atoms with E-state index in [0.717, 1.165) is 0 Å². The molecule has 1 N–H and O–H groups in total. The molecule has 0 fully saturated rings. The number of aromatic nitrogens is 1. The van der Waals surface area contributed by atoms with Gasteiger partial charge in [-0.15, -0.1) is 0 Å². The number of aliphatic hydroxyl groups is 1. The third kappa shape index (κ3) is 2.16. The highest BCUT2D eigenvalue weighted by molar-refractivity contribution is 5.84. The molecule has 2 rings (SSSR count). The van der Waals surface area contributed by atoms with Crippen molar-refractivity contribution in [2.24, 2.45) is 7.05 Å². The molecule has 0 aliphatic heterocycles. The predicted octanol–water partition coefficient (Wildman–Crippen LogP) is 2.55. The van der Waals surface area contributed by atoms with Gasteiger partial charge in [-0.05, 0) is 39.6 Å². The van der Waals surface area contributed by atoms with Gasteiger partial charge in [0, 0.05) is 24.1 Å². The van der Waals surface area contributed by atoms with E-state index >= 15 is 0 Å². The van der Waals surface area contributed by atoms with Gasteiger partial charge in [-0.1, -0.05) is 18.2 Å². The van der Waals surface area contributed by atoms with Crippen LogP contribution in [0.2, 0.25) is 0 Å². The van der Waals surface area contributed by atoms with Crippen LogP contribution in [0.15, 0.2) is 30.5 Å². The summed E-state index contributed by atoms with van der Waals surface area (Å²) in [5.74, 6) is 0. The molecule has 0 saturated heterocycles. The topological polar surface area (TPSA) is 28.4 Å². The third-order valence-electron chi connectivity index (χ3n) is 3.41. The summed E-state index contributed by atoms with van der Waals surface area (Å²) >= 11 is 0. The van der Waals surface area contributed by atoms with Gasteiger partial charge < -0.3 is 9.67 Å². The Labute approximate surface area is 109 Å². The quantitative estimate of drug-likeness (QED) is 0.901. The van der Waals surface area contributed by atoms with Gasteiger partial charge in [0.2, 0.25) is 0 Å². The van der Waals surface area contributed by atoms with Crippen LogP contribution in [0.1, 0.15) is 25.5 Å². The van der Waals surface area contributed by atoms with Gasteiger partial charge in [0.1, 0.15) is 0 Å². The lowest BCUT2D eigenvalue weighted by Crippen LogP contribution is -2.38. The lowest BCUT2D eigenvalue weighted by molar-refractivity contribution is -0.00258. The van der Waals surface area contributed by atoms with Crippen LogP contribution < -0.4 is 0 Å². The fraction of sp³-hybridized carbons (Fsp3) is 0.467. The Hall–Kier alpha value is -1.32. The van der Waals surface area contributed by atoms with Crippen molar-refractivity contribution in [1.82, 2.24) is 9.47 Å². The van der Waals surface area contributed by atoms with Crippen LogP contribution in [0.3, 0.4) is 0 Å². The Bertz CT molecular complexity index is 549. The Morgan fingerprint density at radius 2 is 1.83 bits per heavy atom. The zero-order valence-corrected chi connectivity index (χ0v) is 11.8. The molecule has 0 radical (unpaired) electrons. The second-order valence-electron chi connectivity index (χ2n) is 5.73. The first-order valence-electron chi connectivity index (χ1n) is 6.25. The second-order valence-corrected chi connectivity index (χ2v) is 5.73. The number of hydrogen-bond acceptors (Lipinski definition) is 2. The summed E-state index contributed by atoms with van der Waals surface area (Å²) in [6, 6.07) is 8.29. The van der Waals surface area contributed by atoms with E-state index in [9.17, 15) is 5.11 Å². The molecule has 3 heteroatoms. The molecule has 0 amide bonds. The number of rotatable bonds is 3. The Morgan fingerprint density at radius 1 is 1.22 bits per heavy atom. The molecule has 98 valence electrons.